The molecule has 2 unspecified atom stereocenters. The Morgan fingerprint density at radius 3 is 1.02 bits per heavy atom. The van der Waals surface area contributed by atoms with Gasteiger partial charge in [-0.3, -0.25) is 9.59 Å². The van der Waals surface area contributed by atoms with Crippen LogP contribution < -0.4 is 0 Å². The number of carbonyl (C=O) groups excluding carboxylic acids is 2. The first-order chi connectivity index (χ1) is 23.4. The second-order valence-electron chi connectivity index (χ2n) is 12.9. The number of hydrogen-bond acceptors (Lipinski definition) is 8. The Balaban J connectivity index is 0. The number of unbranched alkanes of at least 4 members (excludes halogenated alkanes) is 18. The Morgan fingerprint density at radius 1 is 0.458 bits per heavy atom. The van der Waals surface area contributed by atoms with Crippen LogP contribution in [0.15, 0.2) is 24.3 Å². The maximum absolute atomic E-state index is 11.4. The molecule has 8 heteroatoms. The summed E-state index contributed by atoms with van der Waals surface area (Å²) < 4.78 is 10.00. The molecule has 0 rings (SSSR count). The molecule has 0 amide bonds. The van der Waals surface area contributed by atoms with Crippen LogP contribution in [0.2, 0.25) is 0 Å². The molecule has 0 saturated heterocycles. The number of aliphatic hydroxyl groups is 4. The third kappa shape index (κ3) is 42.3. The smallest absolute Gasteiger partial charge is 0.305 e. The Hall–Kier alpha value is -1.74. The monoisotopic (exact) mass is 685 g/mol. The number of hydrogen-bond donors (Lipinski definition) is 4. The van der Waals surface area contributed by atoms with Crippen LogP contribution in [0.3, 0.4) is 0 Å². The molecule has 2 atom stereocenters. The topological polar surface area (TPSA) is 134 Å². The molecule has 0 saturated carbocycles. The first kappa shape index (κ1) is 48.4. The quantitative estimate of drug-likeness (QED) is 0.0300. The molecule has 284 valence electrons. The first-order valence-corrected chi connectivity index (χ1v) is 19.6. The summed E-state index contributed by atoms with van der Waals surface area (Å²) in [6, 6.07) is 0. The Labute approximate surface area is 294 Å². The van der Waals surface area contributed by atoms with Crippen LogP contribution in [-0.4, -0.2) is 71.0 Å². The van der Waals surface area contributed by atoms with Crippen molar-refractivity contribution in [1.82, 2.24) is 0 Å². The highest BCUT2D eigenvalue weighted by Crippen LogP contribution is 2.11. The van der Waals surface area contributed by atoms with Crippen molar-refractivity contribution >= 4 is 11.9 Å². The molecule has 0 fully saturated rings. The number of aliphatic hydroxyl groups excluding tert-OH is 4. The minimum Gasteiger partial charge on any atom is -0.463 e. The van der Waals surface area contributed by atoms with Gasteiger partial charge in [0.2, 0.25) is 0 Å². The number of ether oxygens (including phenoxy) is 2. The number of esters is 2. The van der Waals surface area contributed by atoms with Crippen LogP contribution in [0, 0.1) is 0 Å². The Bertz CT molecular complexity index is 664. The molecule has 0 heterocycles. The predicted octanol–water partition coefficient (Wildman–Crippen LogP) is 9.06. The van der Waals surface area contributed by atoms with Gasteiger partial charge in [-0.1, -0.05) is 102 Å². The van der Waals surface area contributed by atoms with E-state index in [0.29, 0.717) is 38.9 Å². The van der Waals surface area contributed by atoms with Gasteiger partial charge < -0.3 is 29.9 Å². The zero-order valence-electron chi connectivity index (χ0n) is 31.1. The largest absolute Gasteiger partial charge is 0.463 e. The molecular formula is C40H76O8. The Kier molecular flexibility index (Phi) is 41.8. The van der Waals surface area contributed by atoms with Crippen LogP contribution in [0.4, 0.5) is 0 Å². The summed E-state index contributed by atoms with van der Waals surface area (Å²) in [7, 11) is 0. The molecule has 0 aliphatic rings. The molecule has 4 N–H and O–H groups in total. The summed E-state index contributed by atoms with van der Waals surface area (Å²) in [6.07, 6.45) is 34.9. The van der Waals surface area contributed by atoms with Crippen molar-refractivity contribution in [3.8, 4) is 0 Å². The van der Waals surface area contributed by atoms with Gasteiger partial charge >= 0.3 is 11.9 Å². The van der Waals surface area contributed by atoms with E-state index >= 15 is 0 Å². The van der Waals surface area contributed by atoms with Crippen molar-refractivity contribution in [1.29, 1.82) is 0 Å². The van der Waals surface area contributed by atoms with Gasteiger partial charge in [0.15, 0.2) is 0 Å². The zero-order chi connectivity index (χ0) is 35.8. The van der Waals surface area contributed by atoms with Gasteiger partial charge in [0, 0.05) is 26.1 Å². The number of carbonyl (C=O) groups is 2. The third-order valence-corrected chi connectivity index (χ3v) is 8.21. The number of allylic oxidation sites excluding steroid dienone is 4. The zero-order valence-corrected chi connectivity index (χ0v) is 31.1. The molecule has 0 aliphatic carbocycles. The second-order valence-corrected chi connectivity index (χ2v) is 12.9. The molecule has 0 aromatic rings. The molecule has 0 radical (unpaired) electrons. The Morgan fingerprint density at radius 2 is 0.729 bits per heavy atom. The van der Waals surface area contributed by atoms with E-state index < -0.39 is 12.2 Å². The van der Waals surface area contributed by atoms with Gasteiger partial charge in [-0.15, -0.1) is 0 Å². The number of rotatable bonds is 34. The maximum Gasteiger partial charge on any atom is 0.305 e. The van der Waals surface area contributed by atoms with Crippen LogP contribution in [0.1, 0.15) is 181 Å². The lowest BCUT2D eigenvalue weighted by Gasteiger charge is -2.08. The van der Waals surface area contributed by atoms with Crippen LogP contribution in [0.5, 0.6) is 0 Å². The van der Waals surface area contributed by atoms with E-state index in [4.69, 9.17) is 19.7 Å². The van der Waals surface area contributed by atoms with E-state index in [1.165, 1.54) is 64.2 Å². The van der Waals surface area contributed by atoms with Gasteiger partial charge in [-0.05, 0) is 89.9 Å². The van der Waals surface area contributed by atoms with Crippen LogP contribution in [-0.2, 0) is 19.1 Å². The summed E-state index contributed by atoms with van der Waals surface area (Å²) in [5.74, 6) is -0.381. The average molecular weight is 685 g/mol. The van der Waals surface area contributed by atoms with Crippen LogP contribution >= 0.6 is 0 Å². The normalized spacial score (nSPS) is 12.6. The van der Waals surface area contributed by atoms with Crippen molar-refractivity contribution in [2.24, 2.45) is 0 Å². The lowest BCUT2D eigenvalue weighted by atomic mass is 10.1. The highest BCUT2D eigenvalue weighted by Gasteiger charge is 2.07. The molecule has 0 bridgehead atoms. The average Bonchev–Trinajstić information content (AvgIpc) is 3.10. The highest BCUT2D eigenvalue weighted by atomic mass is 16.5. The van der Waals surface area contributed by atoms with E-state index in [0.717, 1.165) is 77.0 Å². The van der Waals surface area contributed by atoms with Crippen molar-refractivity contribution in [2.45, 2.75) is 193 Å². The fourth-order valence-corrected chi connectivity index (χ4v) is 4.81. The fourth-order valence-electron chi connectivity index (χ4n) is 4.81. The third-order valence-electron chi connectivity index (χ3n) is 8.21. The predicted molar refractivity (Wildman–Crippen MR) is 198 cm³/mol. The van der Waals surface area contributed by atoms with Crippen molar-refractivity contribution in [3.63, 3.8) is 0 Å². The summed E-state index contributed by atoms with van der Waals surface area (Å²) in [6.45, 7) is 4.63. The summed E-state index contributed by atoms with van der Waals surface area (Å²) in [5.41, 5.74) is 0. The lowest BCUT2D eigenvalue weighted by molar-refractivity contribution is -0.147. The maximum atomic E-state index is 11.4. The van der Waals surface area contributed by atoms with Gasteiger partial charge in [0.25, 0.3) is 0 Å². The SMILES string of the molecule is CCC(O)COC(=O)CCCCCCC/C=C/CCCCCCO.CCC(O)COC(=O)CCCCCCC/C=C\CCCCCCO. The van der Waals surface area contributed by atoms with E-state index in [1.807, 2.05) is 13.8 Å². The lowest BCUT2D eigenvalue weighted by Crippen LogP contribution is -2.17. The second kappa shape index (κ2) is 41.4. The molecule has 0 aliphatic heterocycles. The van der Waals surface area contributed by atoms with Gasteiger partial charge in [-0.2, -0.15) is 0 Å². The van der Waals surface area contributed by atoms with Crippen molar-refractivity contribution in [2.75, 3.05) is 26.4 Å². The van der Waals surface area contributed by atoms with Gasteiger partial charge in [0.05, 0.1) is 12.2 Å². The summed E-state index contributed by atoms with van der Waals surface area (Å²) >= 11 is 0. The minimum atomic E-state index is -0.525. The van der Waals surface area contributed by atoms with E-state index in [1.54, 1.807) is 0 Å². The van der Waals surface area contributed by atoms with Crippen molar-refractivity contribution in [3.05, 3.63) is 24.3 Å². The molecule has 0 aromatic carbocycles. The van der Waals surface area contributed by atoms with E-state index in [2.05, 4.69) is 24.3 Å². The van der Waals surface area contributed by atoms with Crippen LogP contribution in [0.25, 0.3) is 0 Å². The first-order valence-electron chi connectivity index (χ1n) is 19.6. The standard InChI is InChI=1S/2C20H38O4/c2*1-2-19(22)18-24-20(23)16-14-12-10-8-6-4-3-5-7-9-11-13-15-17-21/h2*3,5,19,21-22H,2,4,6-18H2,1H3/b5-3+;5-3-. The molecule has 0 spiro atoms. The molecular weight excluding hydrogens is 608 g/mol. The minimum absolute atomic E-state index is 0.128. The van der Waals surface area contributed by atoms with Gasteiger partial charge in [-0.25, -0.2) is 0 Å². The molecule has 8 nitrogen and oxygen atoms in total. The fraction of sp³-hybridized carbons (Fsp3) is 0.850. The molecule has 48 heavy (non-hydrogen) atoms. The molecule has 0 aromatic heterocycles. The summed E-state index contributed by atoms with van der Waals surface area (Å²) in [5, 5.41) is 36.0. The van der Waals surface area contributed by atoms with E-state index in [-0.39, 0.29) is 25.2 Å². The van der Waals surface area contributed by atoms with E-state index in [9.17, 15) is 19.8 Å². The van der Waals surface area contributed by atoms with Gasteiger partial charge in [0.1, 0.15) is 13.2 Å². The van der Waals surface area contributed by atoms with Crippen molar-refractivity contribution < 1.29 is 39.5 Å². The summed E-state index contributed by atoms with van der Waals surface area (Å²) in [4.78, 5) is 22.9. The highest BCUT2D eigenvalue weighted by molar-refractivity contribution is 5.69.